The maximum atomic E-state index is 12.6. The Balaban J connectivity index is 1.43. The van der Waals surface area contributed by atoms with Gasteiger partial charge in [-0.2, -0.15) is 5.10 Å². The van der Waals surface area contributed by atoms with Crippen molar-refractivity contribution in [3.63, 3.8) is 0 Å². The zero-order chi connectivity index (χ0) is 24.6. The monoisotopic (exact) mass is 499 g/mol. The van der Waals surface area contributed by atoms with E-state index in [-0.39, 0.29) is 12.5 Å². The molecule has 0 bridgehead atoms. The first-order valence-corrected chi connectivity index (χ1v) is 11.8. The first-order valence-electron chi connectivity index (χ1n) is 11.5. The van der Waals surface area contributed by atoms with Gasteiger partial charge in [0.1, 0.15) is 18.1 Å². The Bertz CT molecular complexity index is 1110. The molecule has 1 fully saturated rings. The zero-order valence-electron chi connectivity index (χ0n) is 19.9. The fraction of sp³-hybridized carbons (Fsp3) is 0.360. The van der Waals surface area contributed by atoms with E-state index in [1.54, 1.807) is 18.0 Å². The SMILES string of the molecule is COc1ccc(NCC(=O)Nc2ccc(OCCN3CCOCC3)c(-c3c(Cl)cnn3C)c2)cc1. The van der Waals surface area contributed by atoms with Crippen LogP contribution in [0.2, 0.25) is 5.02 Å². The van der Waals surface area contributed by atoms with Crippen LogP contribution in [-0.4, -0.2) is 73.7 Å². The summed E-state index contributed by atoms with van der Waals surface area (Å²) in [5.74, 6) is 1.26. The van der Waals surface area contributed by atoms with Crippen LogP contribution >= 0.6 is 11.6 Å². The predicted molar refractivity (Wildman–Crippen MR) is 137 cm³/mol. The summed E-state index contributed by atoms with van der Waals surface area (Å²) in [5, 5.41) is 10.8. The Hall–Kier alpha value is -3.27. The van der Waals surface area contributed by atoms with Gasteiger partial charge in [-0.3, -0.25) is 14.4 Å². The molecule has 3 aromatic rings. The minimum absolute atomic E-state index is 0.117. The summed E-state index contributed by atoms with van der Waals surface area (Å²) in [6, 6.07) is 12.9. The number of aryl methyl sites for hydroxylation is 1. The minimum Gasteiger partial charge on any atom is -0.497 e. The van der Waals surface area contributed by atoms with Gasteiger partial charge in [-0.25, -0.2) is 0 Å². The zero-order valence-corrected chi connectivity index (χ0v) is 20.7. The molecule has 0 atom stereocenters. The number of carbonyl (C=O) groups is 1. The average molecular weight is 500 g/mol. The standard InChI is InChI=1S/C25H30ClN5O4/c1-30-25(22(26)16-28-30)21-15-19(5-8-23(21)35-14-11-31-9-12-34-13-10-31)29-24(32)17-27-18-3-6-20(33-2)7-4-18/h3-8,15-16,27H,9-14,17H2,1-2H3,(H,29,32). The van der Waals surface area contributed by atoms with Crippen molar-refractivity contribution in [2.45, 2.75) is 0 Å². The number of ether oxygens (including phenoxy) is 3. The molecule has 4 rings (SSSR count). The molecule has 0 aliphatic carbocycles. The first kappa shape index (κ1) is 24.8. The fourth-order valence-electron chi connectivity index (χ4n) is 3.84. The highest BCUT2D eigenvalue weighted by atomic mass is 35.5. The number of methoxy groups -OCH3 is 1. The lowest BCUT2D eigenvalue weighted by Gasteiger charge is -2.26. The third kappa shape index (κ3) is 6.66. The Morgan fingerprint density at radius 1 is 1.14 bits per heavy atom. The molecule has 0 saturated carbocycles. The van der Waals surface area contributed by atoms with Crippen LogP contribution < -0.4 is 20.1 Å². The van der Waals surface area contributed by atoms with Crippen molar-refractivity contribution >= 4 is 28.9 Å². The van der Waals surface area contributed by atoms with E-state index in [1.807, 2.05) is 49.5 Å². The summed E-state index contributed by atoms with van der Waals surface area (Å²) >= 11 is 6.44. The van der Waals surface area contributed by atoms with Crippen molar-refractivity contribution < 1.29 is 19.0 Å². The minimum atomic E-state index is -0.177. The third-order valence-corrected chi connectivity index (χ3v) is 6.00. The molecular weight excluding hydrogens is 470 g/mol. The topological polar surface area (TPSA) is 89.9 Å². The van der Waals surface area contributed by atoms with Crippen molar-refractivity contribution in [3.05, 3.63) is 53.7 Å². The van der Waals surface area contributed by atoms with Gasteiger partial charge in [-0.05, 0) is 42.5 Å². The number of anilines is 2. The number of carbonyl (C=O) groups excluding carboxylic acids is 1. The van der Waals surface area contributed by atoms with Crippen LogP contribution in [0.1, 0.15) is 0 Å². The van der Waals surface area contributed by atoms with E-state index < -0.39 is 0 Å². The highest BCUT2D eigenvalue weighted by Crippen LogP contribution is 2.36. The van der Waals surface area contributed by atoms with Gasteiger partial charge in [0.15, 0.2) is 0 Å². The number of rotatable bonds is 10. The summed E-state index contributed by atoms with van der Waals surface area (Å²) in [4.78, 5) is 14.9. The molecule has 1 aliphatic heterocycles. The molecule has 186 valence electrons. The number of halogens is 1. The molecule has 2 heterocycles. The highest BCUT2D eigenvalue weighted by molar-refractivity contribution is 6.33. The average Bonchev–Trinajstić information content (AvgIpc) is 3.22. The van der Waals surface area contributed by atoms with E-state index in [0.717, 1.165) is 55.5 Å². The number of nitrogens with zero attached hydrogens (tertiary/aromatic N) is 3. The Labute approximate surface area is 209 Å². The Morgan fingerprint density at radius 3 is 2.57 bits per heavy atom. The van der Waals surface area contributed by atoms with E-state index in [4.69, 9.17) is 25.8 Å². The second kappa shape index (κ2) is 11.9. The van der Waals surface area contributed by atoms with E-state index in [2.05, 4.69) is 20.6 Å². The van der Waals surface area contributed by atoms with Crippen molar-refractivity contribution in [3.8, 4) is 22.8 Å². The molecule has 0 radical (unpaired) electrons. The van der Waals surface area contributed by atoms with Crippen LogP contribution in [0.5, 0.6) is 11.5 Å². The first-order chi connectivity index (χ1) is 17.0. The smallest absolute Gasteiger partial charge is 0.243 e. The molecule has 0 spiro atoms. The van der Waals surface area contributed by atoms with Crippen LogP contribution in [-0.2, 0) is 16.6 Å². The molecule has 10 heteroatoms. The number of amides is 1. The van der Waals surface area contributed by atoms with Crippen LogP contribution in [0.15, 0.2) is 48.7 Å². The lowest BCUT2D eigenvalue weighted by atomic mass is 10.1. The Morgan fingerprint density at radius 2 is 1.89 bits per heavy atom. The van der Waals surface area contributed by atoms with Gasteiger partial charge in [-0.1, -0.05) is 11.6 Å². The van der Waals surface area contributed by atoms with Gasteiger partial charge in [0, 0.05) is 43.6 Å². The molecule has 2 aromatic carbocycles. The van der Waals surface area contributed by atoms with Gasteiger partial charge in [0.05, 0.1) is 43.8 Å². The highest BCUT2D eigenvalue weighted by Gasteiger charge is 2.17. The van der Waals surface area contributed by atoms with Gasteiger partial charge < -0.3 is 24.8 Å². The third-order valence-electron chi connectivity index (χ3n) is 5.72. The summed E-state index contributed by atoms with van der Waals surface area (Å²) in [6.45, 7) is 4.75. The molecule has 9 nitrogen and oxygen atoms in total. The molecule has 35 heavy (non-hydrogen) atoms. The maximum absolute atomic E-state index is 12.6. The van der Waals surface area contributed by atoms with E-state index >= 15 is 0 Å². The normalized spacial score (nSPS) is 13.9. The number of nitrogens with one attached hydrogen (secondary N) is 2. The molecule has 1 aliphatic rings. The lowest BCUT2D eigenvalue weighted by molar-refractivity contribution is -0.114. The molecule has 1 aromatic heterocycles. The number of benzene rings is 2. The number of morpholine rings is 1. The maximum Gasteiger partial charge on any atom is 0.243 e. The Kier molecular flexibility index (Phi) is 8.46. The summed E-state index contributed by atoms with van der Waals surface area (Å²) in [5.41, 5.74) is 2.95. The molecule has 2 N–H and O–H groups in total. The van der Waals surface area contributed by atoms with Gasteiger partial charge in [0.25, 0.3) is 0 Å². The number of aromatic nitrogens is 2. The van der Waals surface area contributed by atoms with E-state index in [0.29, 0.717) is 23.1 Å². The lowest BCUT2D eigenvalue weighted by Crippen LogP contribution is -2.38. The van der Waals surface area contributed by atoms with Gasteiger partial charge >= 0.3 is 0 Å². The van der Waals surface area contributed by atoms with Crippen LogP contribution in [0.4, 0.5) is 11.4 Å². The van der Waals surface area contributed by atoms with Crippen molar-refractivity contribution in [2.24, 2.45) is 7.05 Å². The van der Waals surface area contributed by atoms with Crippen molar-refractivity contribution in [1.29, 1.82) is 0 Å². The van der Waals surface area contributed by atoms with Crippen molar-refractivity contribution in [1.82, 2.24) is 14.7 Å². The molecular formula is C25H30ClN5O4. The summed E-state index contributed by atoms with van der Waals surface area (Å²) in [7, 11) is 3.44. The summed E-state index contributed by atoms with van der Waals surface area (Å²) < 4.78 is 18.4. The fourth-order valence-corrected chi connectivity index (χ4v) is 4.11. The quantitative estimate of drug-likeness (QED) is 0.441. The van der Waals surface area contributed by atoms with E-state index in [9.17, 15) is 4.79 Å². The van der Waals surface area contributed by atoms with Crippen LogP contribution in [0.3, 0.4) is 0 Å². The van der Waals surface area contributed by atoms with Crippen LogP contribution in [0.25, 0.3) is 11.3 Å². The number of hydrogen-bond donors (Lipinski definition) is 2. The van der Waals surface area contributed by atoms with Crippen LogP contribution in [0, 0.1) is 0 Å². The molecule has 1 saturated heterocycles. The molecule has 1 amide bonds. The van der Waals surface area contributed by atoms with Gasteiger partial charge in [-0.15, -0.1) is 0 Å². The van der Waals surface area contributed by atoms with E-state index in [1.165, 1.54) is 0 Å². The second-order valence-electron chi connectivity index (χ2n) is 8.11. The van der Waals surface area contributed by atoms with Crippen molar-refractivity contribution in [2.75, 3.05) is 63.7 Å². The van der Waals surface area contributed by atoms with Gasteiger partial charge in [0.2, 0.25) is 5.91 Å². The largest absolute Gasteiger partial charge is 0.497 e. The molecule has 0 unspecified atom stereocenters. The second-order valence-corrected chi connectivity index (χ2v) is 8.52. The number of hydrogen-bond acceptors (Lipinski definition) is 7. The predicted octanol–water partition coefficient (Wildman–Crippen LogP) is 3.51. The summed E-state index contributed by atoms with van der Waals surface area (Å²) in [6.07, 6.45) is 1.60.